The highest BCUT2D eigenvalue weighted by Gasteiger charge is 2.64. The van der Waals surface area contributed by atoms with E-state index in [1.165, 1.54) is 24.0 Å². The van der Waals surface area contributed by atoms with E-state index >= 15 is 4.39 Å². The molecule has 3 aromatic rings. The van der Waals surface area contributed by atoms with Gasteiger partial charge in [0.2, 0.25) is 11.8 Å². The number of hydrogen-bond acceptors (Lipinski definition) is 8. The molecule has 4 amide bonds. The van der Waals surface area contributed by atoms with Crippen molar-refractivity contribution < 1.29 is 41.2 Å². The number of nitrogens with zero attached hydrogens (tertiary/aromatic N) is 4. The number of morpholine rings is 1. The summed E-state index contributed by atoms with van der Waals surface area (Å²) >= 11 is 0. The minimum Gasteiger partial charge on any atom is -0.368 e. The van der Waals surface area contributed by atoms with Crippen molar-refractivity contribution in [3.8, 4) is 5.82 Å². The number of amides is 4. The molecule has 5 heterocycles. The van der Waals surface area contributed by atoms with Gasteiger partial charge in [0.1, 0.15) is 12.4 Å². The van der Waals surface area contributed by atoms with Crippen LogP contribution in [0.3, 0.4) is 0 Å². The lowest BCUT2D eigenvalue weighted by Crippen LogP contribution is -2.76. The van der Waals surface area contributed by atoms with Crippen LogP contribution in [0.4, 0.5) is 28.0 Å². The van der Waals surface area contributed by atoms with Gasteiger partial charge in [-0.2, -0.15) is 13.2 Å². The van der Waals surface area contributed by atoms with Gasteiger partial charge in [-0.25, -0.2) is 14.2 Å². The lowest BCUT2D eigenvalue weighted by Gasteiger charge is -2.56. The highest BCUT2D eigenvalue weighted by molar-refractivity contribution is 6.20. The van der Waals surface area contributed by atoms with Crippen LogP contribution in [0.1, 0.15) is 25.1 Å². The zero-order chi connectivity index (χ0) is 26.4. The minimum atomic E-state index is -4.68. The number of anilines is 1. The Balaban J connectivity index is 1.55. The maximum Gasteiger partial charge on any atom is 0.434 e. The number of fused-ring (bicyclic) bond motifs is 5. The molecule has 2 aromatic heterocycles. The summed E-state index contributed by atoms with van der Waals surface area (Å²) in [4.78, 5) is 43.0. The number of urea groups is 1. The van der Waals surface area contributed by atoms with Crippen LogP contribution in [0, 0.1) is 5.41 Å². The number of imidazole rings is 1. The van der Waals surface area contributed by atoms with Crippen LogP contribution < -0.4 is 15.5 Å². The predicted molar refractivity (Wildman–Crippen MR) is 115 cm³/mol. The number of halogens is 4. The molecule has 0 aliphatic carbocycles. The maximum absolute atomic E-state index is 15.7. The quantitative estimate of drug-likeness (QED) is 0.283. The molecule has 3 aliphatic heterocycles. The molecule has 37 heavy (non-hydrogen) atoms. The summed E-state index contributed by atoms with van der Waals surface area (Å²) in [6.07, 6.45) is -6.77. The molecule has 2 fully saturated rings. The van der Waals surface area contributed by atoms with E-state index in [1.807, 2.05) is 0 Å². The van der Waals surface area contributed by atoms with Crippen LogP contribution in [-0.4, -0.2) is 57.1 Å². The fourth-order valence-electron chi connectivity index (χ4n) is 5.56. The summed E-state index contributed by atoms with van der Waals surface area (Å²) in [7, 11) is 0. The predicted octanol–water partition coefficient (Wildman–Crippen LogP) is 2.22. The summed E-state index contributed by atoms with van der Waals surface area (Å²) in [5, 5.41) is 8.32. The molecule has 0 radical (unpaired) electrons. The Hall–Kier alpha value is -4.01. The lowest BCUT2D eigenvalue weighted by atomic mass is 9.66. The number of imide groups is 2. The Bertz CT molecular complexity index is 1460. The Labute approximate surface area is 204 Å². The van der Waals surface area contributed by atoms with Crippen molar-refractivity contribution in [2.24, 2.45) is 5.41 Å². The number of barbiturate groups is 1. The van der Waals surface area contributed by atoms with Crippen molar-refractivity contribution in [1.29, 1.82) is 0 Å². The van der Waals surface area contributed by atoms with Crippen molar-refractivity contribution in [2.45, 2.75) is 51.0 Å². The first kappa shape index (κ1) is 23.4. The summed E-state index contributed by atoms with van der Waals surface area (Å²) in [6, 6.07) is 0.826. The van der Waals surface area contributed by atoms with Crippen LogP contribution in [0.2, 0.25) is 0 Å². The zero-order valence-electron chi connectivity index (χ0n) is 19.2. The third kappa shape index (κ3) is 3.19. The number of benzene rings is 1. The number of carbonyl (C=O) groups is 3. The van der Waals surface area contributed by atoms with Gasteiger partial charge in [0.25, 0.3) is 0 Å². The van der Waals surface area contributed by atoms with Crippen LogP contribution in [0.15, 0.2) is 29.2 Å². The minimum absolute atomic E-state index is 0.0230. The van der Waals surface area contributed by atoms with Crippen LogP contribution in [0.25, 0.3) is 16.8 Å². The summed E-state index contributed by atoms with van der Waals surface area (Å²) < 4.78 is 67.0. The molecule has 11 nitrogen and oxygen atoms in total. The summed E-state index contributed by atoms with van der Waals surface area (Å²) in [6.45, 7) is 3.11. The van der Waals surface area contributed by atoms with Crippen molar-refractivity contribution in [1.82, 2.24) is 25.3 Å². The number of aromatic nitrogens is 3. The van der Waals surface area contributed by atoms with E-state index in [0.29, 0.717) is 11.3 Å². The van der Waals surface area contributed by atoms with Crippen LogP contribution in [-0.2, 0) is 26.9 Å². The van der Waals surface area contributed by atoms with E-state index in [4.69, 9.17) is 9.26 Å². The lowest BCUT2D eigenvalue weighted by molar-refractivity contribution is -0.159. The third-order valence-electron chi connectivity index (χ3n) is 7.11. The zero-order valence-corrected chi connectivity index (χ0v) is 19.2. The number of carbonyl (C=O) groups excluding carboxylic acids is 3. The molecule has 3 aliphatic rings. The molecule has 6 rings (SSSR count). The smallest absolute Gasteiger partial charge is 0.368 e. The van der Waals surface area contributed by atoms with Crippen LogP contribution >= 0.6 is 0 Å². The Morgan fingerprint density at radius 2 is 1.81 bits per heavy atom. The number of alkyl halides is 4. The molecule has 15 heteroatoms. The molecule has 1 aromatic carbocycles. The average Bonchev–Trinajstić information content (AvgIpc) is 3.45. The Morgan fingerprint density at radius 1 is 1.11 bits per heavy atom. The molecular weight excluding hydrogens is 504 g/mol. The first-order valence-electron chi connectivity index (χ1n) is 11.2. The van der Waals surface area contributed by atoms with E-state index in [1.54, 1.807) is 6.92 Å². The Kier molecular flexibility index (Phi) is 4.74. The number of nitrogens with one attached hydrogen (secondary N) is 2. The normalized spacial score (nSPS) is 27.2. The number of hydrogen-bond donors (Lipinski definition) is 2. The average molecular weight is 522 g/mol. The molecule has 2 saturated heterocycles. The topological polar surface area (TPSA) is 132 Å². The second kappa shape index (κ2) is 7.50. The molecule has 0 bridgehead atoms. The SMILES string of the molecule is CC1OC(C)C2N(c3cc4onc(-n5cnc(C(F)(F)F)c5)c4cc3CC23C(=O)NC(=O)NC3=O)C1F. The third-order valence-corrected chi connectivity index (χ3v) is 7.11. The second-order valence-electron chi connectivity index (χ2n) is 9.30. The van der Waals surface area contributed by atoms with Crippen molar-refractivity contribution in [2.75, 3.05) is 4.90 Å². The van der Waals surface area contributed by atoms with Gasteiger partial charge in [-0.3, -0.25) is 24.8 Å². The monoisotopic (exact) mass is 522 g/mol. The molecule has 2 N–H and O–H groups in total. The molecule has 1 spiro atoms. The second-order valence-corrected chi connectivity index (χ2v) is 9.30. The van der Waals surface area contributed by atoms with Gasteiger partial charge < -0.3 is 14.2 Å². The molecule has 0 saturated carbocycles. The molecular formula is C22H18F4N6O5. The van der Waals surface area contributed by atoms with E-state index in [9.17, 15) is 27.6 Å². The van der Waals surface area contributed by atoms with Gasteiger partial charge in [0.05, 0.1) is 17.5 Å². The maximum atomic E-state index is 15.7. The number of ether oxygens (including phenoxy) is 1. The summed E-state index contributed by atoms with van der Waals surface area (Å²) in [5.41, 5.74) is -2.31. The van der Waals surface area contributed by atoms with Crippen molar-refractivity contribution in [3.05, 3.63) is 35.9 Å². The van der Waals surface area contributed by atoms with Gasteiger partial charge in [0.15, 0.2) is 28.8 Å². The van der Waals surface area contributed by atoms with Crippen molar-refractivity contribution >= 4 is 34.5 Å². The van der Waals surface area contributed by atoms with E-state index < -0.39 is 59.7 Å². The first-order valence-corrected chi connectivity index (χ1v) is 11.2. The molecule has 194 valence electrons. The fraction of sp³-hybridized carbons (Fsp3) is 0.409. The van der Waals surface area contributed by atoms with E-state index in [-0.39, 0.29) is 23.2 Å². The molecule has 4 atom stereocenters. The van der Waals surface area contributed by atoms with Gasteiger partial charge in [-0.15, -0.1) is 0 Å². The van der Waals surface area contributed by atoms with E-state index in [2.05, 4.69) is 20.8 Å². The van der Waals surface area contributed by atoms with Gasteiger partial charge in [-0.1, -0.05) is 5.16 Å². The standard InChI is InChI=1S/C22H18F4N6O5/c1-8-15-21(18(33)28-20(35)29-19(21)34)5-10-3-11-13(4-12(10)32(15)16(23)9(2)36-8)37-30-17(11)31-6-14(27-7-31)22(24,25)26/h3-4,6-9,15-16H,5H2,1-2H3,(H2,28,29,33,34,35). The largest absolute Gasteiger partial charge is 0.434 e. The van der Waals surface area contributed by atoms with Gasteiger partial charge >= 0.3 is 12.2 Å². The summed E-state index contributed by atoms with van der Waals surface area (Å²) in [5.74, 6) is -1.84. The van der Waals surface area contributed by atoms with Gasteiger partial charge in [-0.05, 0) is 31.9 Å². The van der Waals surface area contributed by atoms with E-state index in [0.717, 1.165) is 17.1 Å². The van der Waals surface area contributed by atoms with Crippen LogP contribution in [0.5, 0.6) is 0 Å². The highest BCUT2D eigenvalue weighted by atomic mass is 19.4. The van der Waals surface area contributed by atoms with Gasteiger partial charge in [0, 0.05) is 18.0 Å². The Morgan fingerprint density at radius 3 is 2.46 bits per heavy atom. The molecule has 4 unspecified atom stereocenters. The first-order chi connectivity index (χ1) is 17.4. The fourth-order valence-corrected chi connectivity index (χ4v) is 5.56. The van der Waals surface area contributed by atoms with Crippen molar-refractivity contribution in [3.63, 3.8) is 0 Å². The highest BCUT2D eigenvalue weighted by Crippen LogP contribution is 2.49. The number of rotatable bonds is 1.